The minimum atomic E-state index is -0.908. The Morgan fingerprint density at radius 3 is 2.68 bits per heavy atom. The second-order valence-electron chi connectivity index (χ2n) is 11.8. The molecule has 2 bridgehead atoms. The number of carbonyl (C=O) groups excluding carboxylic acids is 2. The van der Waals surface area contributed by atoms with Gasteiger partial charge in [-0.15, -0.1) is 0 Å². The molecule has 8 atom stereocenters. The topological polar surface area (TPSA) is 95.2 Å². The van der Waals surface area contributed by atoms with Crippen LogP contribution in [-0.2, 0) is 23.8 Å². The third-order valence-electron chi connectivity index (χ3n) is 10.2. The van der Waals surface area contributed by atoms with Gasteiger partial charge in [-0.3, -0.25) is 9.59 Å². The first-order chi connectivity index (χ1) is 15.9. The number of hydrogen-bond donors (Lipinski definition) is 1. The number of rotatable bonds is 3. The lowest BCUT2D eigenvalue weighted by Crippen LogP contribution is -2.73. The van der Waals surface area contributed by atoms with E-state index < -0.39 is 34.1 Å². The van der Waals surface area contributed by atoms with Crippen molar-refractivity contribution in [2.24, 2.45) is 28.1 Å². The first kappa shape index (κ1) is 23.6. The molecular formula is C27H36O7. The highest BCUT2D eigenvalue weighted by Crippen LogP contribution is 2.72. The number of hydrogen-bond acceptors (Lipinski definition) is 7. The summed E-state index contributed by atoms with van der Waals surface area (Å²) in [6.45, 7) is 12.9. The summed E-state index contributed by atoms with van der Waals surface area (Å²) in [6.07, 6.45) is 4.06. The Morgan fingerprint density at radius 1 is 1.29 bits per heavy atom. The van der Waals surface area contributed by atoms with Gasteiger partial charge in [0.1, 0.15) is 11.7 Å². The molecule has 2 aliphatic heterocycles. The minimum Gasteiger partial charge on any atom is -0.472 e. The summed E-state index contributed by atoms with van der Waals surface area (Å²) < 4.78 is 23.3. The van der Waals surface area contributed by atoms with Gasteiger partial charge in [-0.1, -0.05) is 34.3 Å². The van der Waals surface area contributed by atoms with Crippen molar-refractivity contribution in [3.8, 4) is 0 Å². The summed E-state index contributed by atoms with van der Waals surface area (Å²) in [5, 5.41) is 11.2. The first-order valence-electron chi connectivity index (χ1n) is 12.3. The van der Waals surface area contributed by atoms with Crippen LogP contribution in [0.2, 0.25) is 0 Å². The third kappa shape index (κ3) is 2.83. The van der Waals surface area contributed by atoms with Crippen LogP contribution in [0.1, 0.15) is 71.5 Å². The standard InChI is InChI=1S/C27H36O7/c1-15-17-7-9-25(4)23(16-8-10-32-14-16)33-22(30)13-27(15,25)34-20-12-19(28)24(2,3)18(26(17,20)5)11-21(29)31-6/h8,10,14,17-20,23,28H,1,7,9,11-13H2,2-6H3/t17-,18+,19+,20-,23-,25-,26+,27+/m1/s1. The molecule has 7 nitrogen and oxygen atoms in total. The van der Waals surface area contributed by atoms with Crippen molar-refractivity contribution in [2.45, 2.75) is 83.7 Å². The number of methoxy groups -OCH3 is 1. The summed E-state index contributed by atoms with van der Waals surface area (Å²) in [4.78, 5) is 25.5. The Bertz CT molecular complexity index is 1010. The van der Waals surface area contributed by atoms with Crippen molar-refractivity contribution in [2.75, 3.05) is 7.11 Å². The van der Waals surface area contributed by atoms with Crippen LogP contribution in [0, 0.1) is 28.1 Å². The molecule has 2 aliphatic carbocycles. The molecule has 1 N–H and O–H groups in total. The Labute approximate surface area is 200 Å². The van der Waals surface area contributed by atoms with Gasteiger partial charge in [-0.25, -0.2) is 0 Å². The SMILES string of the molecule is C=C1[C@H]2CC[C@]3(C)[C@@H](c4ccoc4)OC(=O)C[C@]13O[C@@H]1C[C@H](O)C(C)(C)[C@H](CC(=O)OC)[C@]21C. The third-order valence-corrected chi connectivity index (χ3v) is 10.2. The van der Waals surface area contributed by atoms with Crippen LogP contribution >= 0.6 is 0 Å². The lowest BCUT2D eigenvalue weighted by Gasteiger charge is -2.71. The largest absolute Gasteiger partial charge is 0.472 e. The van der Waals surface area contributed by atoms with Crippen LogP contribution in [0.15, 0.2) is 35.2 Å². The van der Waals surface area contributed by atoms with Gasteiger partial charge in [0.05, 0.1) is 38.3 Å². The molecule has 5 rings (SSSR count). The van der Waals surface area contributed by atoms with E-state index in [0.29, 0.717) is 6.42 Å². The first-order valence-corrected chi connectivity index (χ1v) is 12.3. The molecule has 4 aliphatic rings. The van der Waals surface area contributed by atoms with E-state index in [2.05, 4.69) is 20.4 Å². The molecule has 1 aromatic rings. The van der Waals surface area contributed by atoms with E-state index in [1.54, 1.807) is 12.5 Å². The maximum Gasteiger partial charge on any atom is 0.309 e. The number of cyclic esters (lactones) is 1. The van der Waals surface area contributed by atoms with Gasteiger partial charge in [-0.05, 0) is 41.7 Å². The summed E-state index contributed by atoms with van der Waals surface area (Å²) in [5.41, 5.74) is -0.672. The second-order valence-corrected chi connectivity index (χ2v) is 11.8. The molecule has 0 unspecified atom stereocenters. The summed E-state index contributed by atoms with van der Waals surface area (Å²) in [7, 11) is 1.40. The summed E-state index contributed by atoms with van der Waals surface area (Å²) in [5.74, 6) is -0.752. The number of carbonyl (C=O) groups is 2. The maximum atomic E-state index is 13.0. The Hall–Kier alpha value is -2.12. The monoisotopic (exact) mass is 472 g/mol. The van der Waals surface area contributed by atoms with Crippen LogP contribution in [0.25, 0.3) is 0 Å². The molecule has 4 fully saturated rings. The highest BCUT2D eigenvalue weighted by molar-refractivity contribution is 5.74. The lowest BCUT2D eigenvalue weighted by molar-refractivity contribution is -0.314. The van der Waals surface area contributed by atoms with Crippen molar-refractivity contribution >= 4 is 11.9 Å². The smallest absolute Gasteiger partial charge is 0.309 e. The maximum absolute atomic E-state index is 13.0. The Kier molecular flexibility index (Phi) is 5.17. The second kappa shape index (κ2) is 7.44. The predicted octanol–water partition coefficient (Wildman–Crippen LogP) is 4.35. The molecule has 7 heteroatoms. The molecule has 2 saturated heterocycles. The van der Waals surface area contributed by atoms with E-state index in [4.69, 9.17) is 18.6 Å². The molecule has 0 amide bonds. The Balaban J connectivity index is 1.62. The van der Waals surface area contributed by atoms with Crippen LogP contribution in [0.3, 0.4) is 0 Å². The zero-order chi connectivity index (χ0) is 24.7. The Morgan fingerprint density at radius 2 is 2.03 bits per heavy atom. The number of ether oxygens (including phenoxy) is 3. The molecule has 0 aromatic carbocycles. The highest BCUT2D eigenvalue weighted by atomic mass is 16.6. The normalized spacial score (nSPS) is 45.1. The van der Waals surface area contributed by atoms with Gasteiger partial charge in [-0.2, -0.15) is 0 Å². The number of aliphatic hydroxyl groups excluding tert-OH is 1. The van der Waals surface area contributed by atoms with Crippen LogP contribution in [0.5, 0.6) is 0 Å². The van der Waals surface area contributed by atoms with Gasteiger partial charge in [0.2, 0.25) is 0 Å². The molecule has 0 radical (unpaired) electrons. The van der Waals surface area contributed by atoms with E-state index in [-0.39, 0.29) is 42.7 Å². The van der Waals surface area contributed by atoms with Gasteiger partial charge >= 0.3 is 11.9 Å². The molecular weight excluding hydrogens is 436 g/mol. The average Bonchev–Trinajstić information content (AvgIpc) is 3.30. The molecule has 34 heavy (non-hydrogen) atoms. The van der Waals surface area contributed by atoms with E-state index in [0.717, 1.165) is 24.0 Å². The minimum absolute atomic E-state index is 0.0386. The molecule has 1 spiro atoms. The van der Waals surface area contributed by atoms with E-state index in [1.807, 2.05) is 19.9 Å². The van der Waals surface area contributed by atoms with Crippen molar-refractivity contribution in [3.05, 3.63) is 36.3 Å². The highest BCUT2D eigenvalue weighted by Gasteiger charge is 2.73. The zero-order valence-corrected chi connectivity index (χ0v) is 20.8. The molecule has 2 saturated carbocycles. The van der Waals surface area contributed by atoms with Crippen LogP contribution in [-0.4, -0.2) is 42.0 Å². The summed E-state index contributed by atoms with van der Waals surface area (Å²) in [6, 6.07) is 1.84. The number of fused-ring (bicyclic) bond motifs is 3. The predicted molar refractivity (Wildman–Crippen MR) is 122 cm³/mol. The number of furan rings is 1. The van der Waals surface area contributed by atoms with Gasteiger partial charge in [0.15, 0.2) is 0 Å². The van der Waals surface area contributed by atoms with Gasteiger partial charge in [0, 0.05) is 29.2 Å². The van der Waals surface area contributed by atoms with Gasteiger partial charge < -0.3 is 23.7 Å². The summed E-state index contributed by atoms with van der Waals surface area (Å²) >= 11 is 0. The zero-order valence-electron chi connectivity index (χ0n) is 20.8. The quantitative estimate of drug-likeness (QED) is 0.516. The number of aliphatic hydroxyl groups is 1. The average molecular weight is 473 g/mol. The molecule has 1 aromatic heterocycles. The number of esters is 2. The van der Waals surface area contributed by atoms with Crippen molar-refractivity contribution in [3.63, 3.8) is 0 Å². The van der Waals surface area contributed by atoms with E-state index in [1.165, 1.54) is 7.11 Å². The fourth-order valence-electron chi connectivity index (χ4n) is 8.07. The molecule has 186 valence electrons. The van der Waals surface area contributed by atoms with Crippen molar-refractivity contribution in [1.29, 1.82) is 0 Å². The van der Waals surface area contributed by atoms with Gasteiger partial charge in [0.25, 0.3) is 0 Å². The fourth-order valence-corrected chi connectivity index (χ4v) is 8.07. The lowest BCUT2D eigenvalue weighted by atomic mass is 9.41. The van der Waals surface area contributed by atoms with E-state index >= 15 is 0 Å². The van der Waals surface area contributed by atoms with Crippen LogP contribution < -0.4 is 0 Å². The van der Waals surface area contributed by atoms with Crippen molar-refractivity contribution in [1.82, 2.24) is 0 Å². The van der Waals surface area contributed by atoms with Crippen molar-refractivity contribution < 1.29 is 33.3 Å². The fraction of sp³-hybridized carbons (Fsp3) is 0.704. The van der Waals surface area contributed by atoms with E-state index in [9.17, 15) is 14.7 Å². The molecule has 3 heterocycles. The van der Waals surface area contributed by atoms with Crippen LogP contribution in [0.4, 0.5) is 0 Å².